The van der Waals surface area contributed by atoms with Crippen molar-refractivity contribution < 1.29 is 23.9 Å². The number of ether oxygens (including phenoxy) is 2. The first-order chi connectivity index (χ1) is 15.5. The van der Waals surface area contributed by atoms with E-state index in [1.807, 2.05) is 12.1 Å². The molecule has 1 aliphatic heterocycles. The minimum absolute atomic E-state index is 0.147. The van der Waals surface area contributed by atoms with Gasteiger partial charge in [-0.15, -0.1) is 11.8 Å². The SMILES string of the molecule is CCOC(=O)C1=C(COC(=O)c2ccccc2SCC#N)NC(=O)N[C@H]1c1ccccc1. The first-order valence-electron chi connectivity index (χ1n) is 9.83. The highest BCUT2D eigenvalue weighted by Gasteiger charge is 2.34. The van der Waals surface area contributed by atoms with E-state index in [1.165, 1.54) is 11.8 Å². The molecule has 2 aromatic carbocycles. The number of esters is 2. The summed E-state index contributed by atoms with van der Waals surface area (Å²) in [6.07, 6.45) is 0. The average molecular weight is 452 g/mol. The molecule has 3 rings (SSSR count). The summed E-state index contributed by atoms with van der Waals surface area (Å²) >= 11 is 1.22. The lowest BCUT2D eigenvalue weighted by atomic mass is 9.95. The van der Waals surface area contributed by atoms with Crippen LogP contribution < -0.4 is 10.6 Å². The van der Waals surface area contributed by atoms with Crippen LogP contribution in [0.3, 0.4) is 0 Å². The molecule has 2 amide bonds. The van der Waals surface area contributed by atoms with Gasteiger partial charge in [0.2, 0.25) is 0 Å². The first kappa shape index (κ1) is 22.9. The van der Waals surface area contributed by atoms with Crippen molar-refractivity contribution in [1.29, 1.82) is 5.26 Å². The zero-order chi connectivity index (χ0) is 22.9. The van der Waals surface area contributed by atoms with Crippen molar-refractivity contribution in [2.45, 2.75) is 17.9 Å². The number of nitriles is 1. The summed E-state index contributed by atoms with van der Waals surface area (Å²) in [5.74, 6) is -1.07. The molecule has 0 fully saturated rings. The predicted molar refractivity (Wildman–Crippen MR) is 118 cm³/mol. The maximum absolute atomic E-state index is 12.7. The van der Waals surface area contributed by atoms with E-state index in [0.717, 1.165) is 0 Å². The van der Waals surface area contributed by atoms with Gasteiger partial charge in [0, 0.05) is 4.90 Å². The van der Waals surface area contributed by atoms with Gasteiger partial charge in [-0.25, -0.2) is 14.4 Å². The molecule has 1 heterocycles. The normalized spacial score (nSPS) is 15.2. The molecule has 32 heavy (non-hydrogen) atoms. The number of amides is 2. The molecule has 0 spiro atoms. The highest BCUT2D eigenvalue weighted by molar-refractivity contribution is 7.99. The predicted octanol–water partition coefficient (Wildman–Crippen LogP) is 3.33. The van der Waals surface area contributed by atoms with Crippen LogP contribution in [0.1, 0.15) is 28.9 Å². The number of urea groups is 1. The van der Waals surface area contributed by atoms with Gasteiger partial charge in [-0.05, 0) is 24.6 Å². The molecule has 1 aliphatic rings. The third-order valence-electron chi connectivity index (χ3n) is 4.53. The van der Waals surface area contributed by atoms with Crippen molar-refractivity contribution in [2.75, 3.05) is 19.0 Å². The molecule has 2 aromatic rings. The van der Waals surface area contributed by atoms with Crippen LogP contribution in [0.2, 0.25) is 0 Å². The second-order valence-corrected chi connectivity index (χ2v) is 7.59. The van der Waals surface area contributed by atoms with Crippen molar-refractivity contribution in [2.24, 2.45) is 0 Å². The minimum Gasteiger partial charge on any atom is -0.463 e. The number of carbonyl (C=O) groups is 3. The Labute approximate surface area is 189 Å². The van der Waals surface area contributed by atoms with Gasteiger partial charge in [-0.2, -0.15) is 5.26 Å². The molecular weight excluding hydrogens is 430 g/mol. The van der Waals surface area contributed by atoms with Crippen molar-refractivity contribution in [3.8, 4) is 6.07 Å². The minimum atomic E-state index is -0.754. The molecule has 0 saturated carbocycles. The van der Waals surface area contributed by atoms with E-state index in [9.17, 15) is 14.4 Å². The fourth-order valence-corrected chi connectivity index (χ4v) is 3.87. The highest BCUT2D eigenvalue weighted by atomic mass is 32.2. The number of nitrogens with one attached hydrogen (secondary N) is 2. The Morgan fingerprint density at radius 1 is 1.06 bits per heavy atom. The molecular formula is C23H21N3O5S. The van der Waals surface area contributed by atoms with Crippen molar-refractivity contribution in [3.05, 3.63) is 77.0 Å². The third-order valence-corrected chi connectivity index (χ3v) is 5.47. The third kappa shape index (κ3) is 5.47. The summed E-state index contributed by atoms with van der Waals surface area (Å²) in [7, 11) is 0. The fourth-order valence-electron chi connectivity index (χ4n) is 3.16. The van der Waals surface area contributed by atoms with Crippen LogP contribution in [-0.2, 0) is 14.3 Å². The van der Waals surface area contributed by atoms with Gasteiger partial charge < -0.3 is 20.1 Å². The highest BCUT2D eigenvalue weighted by Crippen LogP contribution is 2.28. The van der Waals surface area contributed by atoms with Crippen LogP contribution in [0.25, 0.3) is 0 Å². The molecule has 0 radical (unpaired) electrons. The van der Waals surface area contributed by atoms with E-state index in [4.69, 9.17) is 14.7 Å². The molecule has 0 unspecified atom stereocenters. The maximum atomic E-state index is 12.7. The van der Waals surface area contributed by atoms with Gasteiger partial charge in [0.1, 0.15) is 6.61 Å². The van der Waals surface area contributed by atoms with Crippen molar-refractivity contribution in [3.63, 3.8) is 0 Å². The lowest BCUT2D eigenvalue weighted by Crippen LogP contribution is -2.47. The second-order valence-electron chi connectivity index (χ2n) is 6.57. The lowest BCUT2D eigenvalue weighted by Gasteiger charge is -2.29. The lowest BCUT2D eigenvalue weighted by molar-refractivity contribution is -0.139. The molecule has 8 nitrogen and oxygen atoms in total. The smallest absolute Gasteiger partial charge is 0.339 e. The first-order valence-corrected chi connectivity index (χ1v) is 10.8. The summed E-state index contributed by atoms with van der Waals surface area (Å²) in [5, 5.41) is 14.1. The van der Waals surface area contributed by atoms with Crippen molar-refractivity contribution in [1.82, 2.24) is 10.6 Å². The standard InChI is InChI=1S/C23H21N3O5S/c1-2-30-22(28)19-17(25-23(29)26-20(19)15-8-4-3-5-9-15)14-31-21(27)16-10-6-7-11-18(16)32-13-12-24/h3-11,20H,2,13-14H2,1H3,(H2,25,26,29)/t20-/m0/s1. The Kier molecular flexibility index (Phi) is 7.89. The molecule has 0 saturated heterocycles. The number of hydrogen-bond acceptors (Lipinski definition) is 7. The van der Waals surface area contributed by atoms with E-state index in [-0.39, 0.29) is 30.2 Å². The second kappa shape index (κ2) is 11.0. The van der Waals surface area contributed by atoms with E-state index in [2.05, 4.69) is 10.6 Å². The van der Waals surface area contributed by atoms with E-state index in [1.54, 1.807) is 55.5 Å². The van der Waals surface area contributed by atoms with Crippen LogP contribution in [0.5, 0.6) is 0 Å². The summed E-state index contributed by atoms with van der Waals surface area (Å²) in [4.78, 5) is 38.4. The van der Waals surface area contributed by atoms with Gasteiger partial charge in [-0.3, -0.25) is 0 Å². The van der Waals surface area contributed by atoms with Gasteiger partial charge >= 0.3 is 18.0 Å². The van der Waals surface area contributed by atoms with Crippen LogP contribution in [0.15, 0.2) is 70.8 Å². The van der Waals surface area contributed by atoms with E-state index >= 15 is 0 Å². The summed E-state index contributed by atoms with van der Waals surface area (Å²) in [6, 6.07) is 16.5. The monoisotopic (exact) mass is 451 g/mol. The number of carbonyl (C=O) groups excluding carboxylic acids is 3. The Morgan fingerprint density at radius 3 is 2.50 bits per heavy atom. The maximum Gasteiger partial charge on any atom is 0.339 e. The summed E-state index contributed by atoms with van der Waals surface area (Å²) in [6.45, 7) is 1.50. The van der Waals surface area contributed by atoms with E-state index < -0.39 is 24.0 Å². The molecule has 0 aliphatic carbocycles. The Morgan fingerprint density at radius 2 is 1.78 bits per heavy atom. The topological polar surface area (TPSA) is 118 Å². The molecule has 1 atom stereocenters. The van der Waals surface area contributed by atoms with Gasteiger partial charge in [0.25, 0.3) is 0 Å². The van der Waals surface area contributed by atoms with Crippen LogP contribution in [0.4, 0.5) is 4.79 Å². The van der Waals surface area contributed by atoms with Crippen LogP contribution in [0, 0.1) is 11.3 Å². The number of thioether (sulfide) groups is 1. The zero-order valence-electron chi connectivity index (χ0n) is 17.3. The van der Waals surface area contributed by atoms with E-state index in [0.29, 0.717) is 16.0 Å². The molecule has 0 aromatic heterocycles. The number of rotatable bonds is 8. The number of hydrogen-bond donors (Lipinski definition) is 2. The van der Waals surface area contributed by atoms with Crippen molar-refractivity contribution >= 4 is 29.7 Å². The molecule has 164 valence electrons. The Bertz CT molecular complexity index is 1080. The fraction of sp³-hybridized carbons (Fsp3) is 0.217. The Hall–Kier alpha value is -3.77. The largest absolute Gasteiger partial charge is 0.463 e. The van der Waals surface area contributed by atoms with Gasteiger partial charge in [-0.1, -0.05) is 42.5 Å². The number of nitrogens with zero attached hydrogens (tertiary/aromatic N) is 1. The molecule has 0 bridgehead atoms. The number of benzene rings is 2. The van der Waals surface area contributed by atoms with Crippen LogP contribution >= 0.6 is 11.8 Å². The molecule has 2 N–H and O–H groups in total. The summed E-state index contributed by atoms with van der Waals surface area (Å²) in [5.41, 5.74) is 1.30. The average Bonchev–Trinajstić information content (AvgIpc) is 2.81. The molecule has 9 heteroatoms. The van der Waals surface area contributed by atoms with Crippen LogP contribution in [-0.4, -0.2) is 36.9 Å². The van der Waals surface area contributed by atoms with Gasteiger partial charge in [0.15, 0.2) is 0 Å². The summed E-state index contributed by atoms with van der Waals surface area (Å²) < 4.78 is 10.6. The Balaban J connectivity index is 1.89. The zero-order valence-corrected chi connectivity index (χ0v) is 18.1. The quantitative estimate of drug-likeness (QED) is 0.467. The van der Waals surface area contributed by atoms with Gasteiger partial charge in [0.05, 0.1) is 41.3 Å².